The van der Waals surface area contributed by atoms with Crippen molar-refractivity contribution >= 4 is 15.9 Å². The molecule has 0 aromatic heterocycles. The Hall–Kier alpha value is -0.0400. The molecule has 1 aliphatic carbocycles. The topological polar surface area (TPSA) is 0 Å². The molecule has 1 rings (SSSR count). The minimum absolute atomic E-state index is 0.670. The summed E-state index contributed by atoms with van der Waals surface area (Å²) in [6.45, 7) is 4.56. The highest BCUT2D eigenvalue weighted by molar-refractivity contribution is 9.11. The van der Waals surface area contributed by atoms with Gasteiger partial charge in [0.1, 0.15) is 0 Å². The molecule has 0 nitrogen and oxygen atoms in total. The van der Waals surface area contributed by atoms with Gasteiger partial charge in [-0.05, 0) is 30.7 Å². The van der Waals surface area contributed by atoms with Gasteiger partial charge in [0.25, 0.3) is 0 Å². The van der Waals surface area contributed by atoms with E-state index in [2.05, 4.69) is 41.9 Å². The SMILES string of the molecule is CC1=CCCC(C)C1/C=C/Br. The van der Waals surface area contributed by atoms with Crippen LogP contribution in [0.3, 0.4) is 0 Å². The van der Waals surface area contributed by atoms with E-state index in [-0.39, 0.29) is 0 Å². The Morgan fingerprint density at radius 3 is 2.91 bits per heavy atom. The summed E-state index contributed by atoms with van der Waals surface area (Å²) in [5, 5.41) is 0. The molecular weight excluding hydrogens is 200 g/mol. The maximum absolute atomic E-state index is 3.33. The van der Waals surface area contributed by atoms with Crippen LogP contribution in [0.25, 0.3) is 0 Å². The van der Waals surface area contributed by atoms with Crippen LogP contribution in [0.4, 0.5) is 0 Å². The second-order valence-corrected chi connectivity index (χ2v) is 3.88. The van der Waals surface area contributed by atoms with E-state index in [4.69, 9.17) is 0 Å². The summed E-state index contributed by atoms with van der Waals surface area (Å²) >= 11 is 3.33. The Morgan fingerprint density at radius 2 is 2.36 bits per heavy atom. The van der Waals surface area contributed by atoms with Crippen molar-refractivity contribution < 1.29 is 0 Å². The Morgan fingerprint density at radius 1 is 1.64 bits per heavy atom. The predicted molar refractivity (Wildman–Crippen MR) is 53.7 cm³/mol. The third-order valence-electron chi connectivity index (χ3n) is 2.51. The van der Waals surface area contributed by atoms with Gasteiger partial charge in [-0.3, -0.25) is 0 Å². The molecule has 1 heteroatoms. The molecule has 0 saturated carbocycles. The first kappa shape index (κ1) is 9.05. The zero-order valence-corrected chi connectivity index (χ0v) is 8.76. The quantitative estimate of drug-likeness (QED) is 0.582. The zero-order valence-electron chi connectivity index (χ0n) is 7.18. The van der Waals surface area contributed by atoms with Crippen molar-refractivity contribution in [2.24, 2.45) is 11.8 Å². The number of hydrogen-bond acceptors (Lipinski definition) is 0. The molecule has 0 amide bonds. The molecule has 1 aliphatic rings. The van der Waals surface area contributed by atoms with Crippen molar-refractivity contribution in [3.05, 3.63) is 22.7 Å². The van der Waals surface area contributed by atoms with Gasteiger partial charge in [-0.25, -0.2) is 0 Å². The molecular formula is C10H15Br. The van der Waals surface area contributed by atoms with Crippen LogP contribution < -0.4 is 0 Å². The average molecular weight is 215 g/mol. The van der Waals surface area contributed by atoms with Gasteiger partial charge in [-0.15, -0.1) is 0 Å². The minimum atomic E-state index is 0.670. The van der Waals surface area contributed by atoms with E-state index >= 15 is 0 Å². The Bertz CT molecular complexity index is 179. The smallest absolute Gasteiger partial charge is 0.000796 e. The predicted octanol–water partition coefficient (Wildman–Crippen LogP) is 3.89. The van der Waals surface area contributed by atoms with E-state index in [0.29, 0.717) is 5.92 Å². The largest absolute Gasteiger partial charge is 0.0850 e. The molecule has 0 spiro atoms. The van der Waals surface area contributed by atoms with Crippen LogP contribution in [0.15, 0.2) is 22.7 Å². The van der Waals surface area contributed by atoms with Gasteiger partial charge < -0.3 is 0 Å². The lowest BCUT2D eigenvalue weighted by Crippen LogP contribution is -2.14. The summed E-state index contributed by atoms with van der Waals surface area (Å²) in [6.07, 6.45) is 7.20. The van der Waals surface area contributed by atoms with Crippen LogP contribution in [0, 0.1) is 11.8 Å². The minimum Gasteiger partial charge on any atom is -0.0850 e. The first-order valence-corrected chi connectivity index (χ1v) is 5.11. The van der Waals surface area contributed by atoms with Crippen molar-refractivity contribution in [2.75, 3.05) is 0 Å². The van der Waals surface area contributed by atoms with Crippen molar-refractivity contribution in [1.82, 2.24) is 0 Å². The second kappa shape index (κ2) is 4.10. The molecule has 0 aliphatic heterocycles. The maximum atomic E-state index is 3.33. The lowest BCUT2D eigenvalue weighted by Gasteiger charge is -2.25. The van der Waals surface area contributed by atoms with Gasteiger partial charge in [0, 0.05) is 5.92 Å². The molecule has 0 saturated heterocycles. The Balaban J connectivity index is 2.71. The van der Waals surface area contributed by atoms with Gasteiger partial charge >= 0.3 is 0 Å². The fourth-order valence-electron chi connectivity index (χ4n) is 1.76. The number of allylic oxidation sites excluding steroid dienone is 3. The highest BCUT2D eigenvalue weighted by Crippen LogP contribution is 2.31. The summed E-state index contributed by atoms with van der Waals surface area (Å²) in [5.74, 6) is 1.48. The van der Waals surface area contributed by atoms with Crippen molar-refractivity contribution in [1.29, 1.82) is 0 Å². The lowest BCUT2D eigenvalue weighted by atomic mass is 9.80. The maximum Gasteiger partial charge on any atom is 0.000796 e. The number of halogens is 1. The molecule has 0 N–H and O–H groups in total. The zero-order chi connectivity index (χ0) is 8.27. The first-order valence-electron chi connectivity index (χ1n) is 4.19. The van der Waals surface area contributed by atoms with Crippen LogP contribution in [0.2, 0.25) is 0 Å². The average Bonchev–Trinajstić information content (AvgIpc) is 1.97. The van der Waals surface area contributed by atoms with E-state index in [1.165, 1.54) is 18.4 Å². The van der Waals surface area contributed by atoms with Crippen LogP contribution in [0.1, 0.15) is 26.7 Å². The fourth-order valence-corrected chi connectivity index (χ4v) is 2.09. The van der Waals surface area contributed by atoms with Crippen molar-refractivity contribution in [3.63, 3.8) is 0 Å². The van der Waals surface area contributed by atoms with E-state index < -0.39 is 0 Å². The van der Waals surface area contributed by atoms with Crippen LogP contribution in [0.5, 0.6) is 0 Å². The molecule has 0 aromatic rings. The van der Waals surface area contributed by atoms with E-state index in [1.807, 2.05) is 4.99 Å². The Kier molecular flexibility index (Phi) is 3.38. The van der Waals surface area contributed by atoms with E-state index in [0.717, 1.165) is 5.92 Å². The fraction of sp³-hybridized carbons (Fsp3) is 0.600. The Labute approximate surface area is 77.5 Å². The molecule has 2 unspecified atom stereocenters. The number of rotatable bonds is 1. The van der Waals surface area contributed by atoms with Crippen molar-refractivity contribution in [2.45, 2.75) is 26.7 Å². The number of hydrogen-bond donors (Lipinski definition) is 0. The van der Waals surface area contributed by atoms with Gasteiger partial charge in [-0.1, -0.05) is 40.6 Å². The molecule has 0 fully saturated rings. The summed E-state index contributed by atoms with van der Waals surface area (Å²) in [5.41, 5.74) is 1.53. The molecule has 62 valence electrons. The monoisotopic (exact) mass is 214 g/mol. The lowest BCUT2D eigenvalue weighted by molar-refractivity contribution is 0.427. The van der Waals surface area contributed by atoms with E-state index in [1.54, 1.807) is 0 Å². The normalized spacial score (nSPS) is 32.5. The van der Waals surface area contributed by atoms with Gasteiger partial charge in [0.15, 0.2) is 0 Å². The molecule has 11 heavy (non-hydrogen) atoms. The van der Waals surface area contributed by atoms with Crippen LogP contribution in [-0.2, 0) is 0 Å². The van der Waals surface area contributed by atoms with E-state index in [9.17, 15) is 0 Å². The van der Waals surface area contributed by atoms with Crippen molar-refractivity contribution in [3.8, 4) is 0 Å². The molecule has 0 aromatic carbocycles. The highest BCUT2D eigenvalue weighted by atomic mass is 79.9. The third kappa shape index (κ3) is 2.19. The van der Waals surface area contributed by atoms with Crippen LogP contribution in [-0.4, -0.2) is 0 Å². The molecule has 2 atom stereocenters. The summed E-state index contributed by atoms with van der Waals surface area (Å²) in [6, 6.07) is 0. The summed E-state index contributed by atoms with van der Waals surface area (Å²) in [7, 11) is 0. The third-order valence-corrected chi connectivity index (χ3v) is 2.81. The summed E-state index contributed by atoms with van der Waals surface area (Å²) < 4.78 is 0. The van der Waals surface area contributed by atoms with Gasteiger partial charge in [0.05, 0.1) is 0 Å². The summed E-state index contributed by atoms with van der Waals surface area (Å²) in [4.78, 5) is 1.98. The highest BCUT2D eigenvalue weighted by Gasteiger charge is 2.18. The first-order chi connectivity index (χ1) is 5.25. The van der Waals surface area contributed by atoms with Crippen LogP contribution >= 0.6 is 15.9 Å². The molecule has 0 radical (unpaired) electrons. The second-order valence-electron chi connectivity index (χ2n) is 3.35. The van der Waals surface area contributed by atoms with Gasteiger partial charge in [-0.2, -0.15) is 0 Å². The molecule has 0 heterocycles. The van der Waals surface area contributed by atoms with Gasteiger partial charge in [0.2, 0.25) is 0 Å². The molecule has 0 bridgehead atoms. The standard InChI is InChI=1S/C10H15Br/c1-8-4-3-5-9(2)10(8)6-7-11/h4,6-7,9-10H,3,5H2,1-2H3/b7-6+.